The molecular formula is C14H9Cl2F3O. The third-order valence-electron chi connectivity index (χ3n) is 2.88. The zero-order valence-electron chi connectivity index (χ0n) is 10.2. The Morgan fingerprint density at radius 1 is 0.950 bits per heavy atom. The number of aryl methyl sites for hydroxylation is 1. The largest absolute Gasteiger partial charge is 0.506 e. The lowest BCUT2D eigenvalue weighted by molar-refractivity contribution is -0.137. The molecule has 0 saturated heterocycles. The summed E-state index contributed by atoms with van der Waals surface area (Å²) in [5.41, 5.74) is 0.703. The second-order valence-corrected chi connectivity index (χ2v) is 5.13. The normalized spacial score (nSPS) is 11.7. The van der Waals surface area contributed by atoms with E-state index in [1.165, 1.54) is 18.2 Å². The van der Waals surface area contributed by atoms with Crippen LogP contribution < -0.4 is 0 Å². The van der Waals surface area contributed by atoms with Gasteiger partial charge in [0.1, 0.15) is 5.75 Å². The predicted molar refractivity (Wildman–Crippen MR) is 73.3 cm³/mol. The summed E-state index contributed by atoms with van der Waals surface area (Å²) in [7, 11) is 0. The molecule has 0 unspecified atom stereocenters. The highest BCUT2D eigenvalue weighted by atomic mass is 35.5. The molecule has 0 aliphatic carbocycles. The van der Waals surface area contributed by atoms with Gasteiger partial charge in [-0.3, -0.25) is 0 Å². The molecule has 1 nitrogen and oxygen atoms in total. The maximum Gasteiger partial charge on any atom is 0.416 e. The Morgan fingerprint density at radius 2 is 1.60 bits per heavy atom. The highest BCUT2D eigenvalue weighted by Gasteiger charge is 2.30. The lowest BCUT2D eigenvalue weighted by Crippen LogP contribution is -2.05. The number of phenolic OH excluding ortho intramolecular Hbond substituents is 1. The second kappa shape index (κ2) is 5.19. The number of rotatable bonds is 1. The molecule has 0 bridgehead atoms. The molecule has 0 amide bonds. The van der Waals surface area contributed by atoms with Crippen LogP contribution in [0.4, 0.5) is 13.2 Å². The molecule has 0 aliphatic heterocycles. The minimum atomic E-state index is -4.39. The van der Waals surface area contributed by atoms with Crippen LogP contribution in [-0.2, 0) is 6.18 Å². The van der Waals surface area contributed by atoms with Gasteiger partial charge in [-0.15, -0.1) is 0 Å². The standard InChI is InChI=1S/C14H9Cl2F3O/c1-7-4-8(14(17,18)19)2-3-9(7)10-5-12(16)13(20)6-11(10)15/h2-6,20H,1H3. The van der Waals surface area contributed by atoms with Gasteiger partial charge in [-0.25, -0.2) is 0 Å². The topological polar surface area (TPSA) is 20.2 Å². The van der Waals surface area contributed by atoms with Gasteiger partial charge in [0, 0.05) is 11.6 Å². The molecule has 0 fully saturated rings. The monoisotopic (exact) mass is 320 g/mol. The summed E-state index contributed by atoms with van der Waals surface area (Å²) < 4.78 is 37.9. The lowest BCUT2D eigenvalue weighted by Gasteiger charge is -2.13. The van der Waals surface area contributed by atoms with Crippen molar-refractivity contribution in [2.24, 2.45) is 0 Å². The van der Waals surface area contributed by atoms with Gasteiger partial charge in [0.25, 0.3) is 0 Å². The van der Waals surface area contributed by atoms with Crippen LogP contribution in [0.2, 0.25) is 10.0 Å². The molecule has 0 aromatic heterocycles. The first-order valence-electron chi connectivity index (χ1n) is 5.56. The van der Waals surface area contributed by atoms with E-state index in [-0.39, 0.29) is 15.8 Å². The van der Waals surface area contributed by atoms with Crippen LogP contribution in [0, 0.1) is 6.92 Å². The van der Waals surface area contributed by atoms with E-state index in [4.69, 9.17) is 23.2 Å². The second-order valence-electron chi connectivity index (χ2n) is 4.31. The molecule has 0 aliphatic rings. The van der Waals surface area contributed by atoms with Crippen molar-refractivity contribution in [2.45, 2.75) is 13.1 Å². The van der Waals surface area contributed by atoms with Crippen LogP contribution in [0.15, 0.2) is 30.3 Å². The van der Waals surface area contributed by atoms with Crippen molar-refractivity contribution in [1.29, 1.82) is 0 Å². The van der Waals surface area contributed by atoms with Gasteiger partial charge in [0.05, 0.1) is 15.6 Å². The smallest absolute Gasteiger partial charge is 0.416 e. The van der Waals surface area contributed by atoms with Crippen molar-refractivity contribution < 1.29 is 18.3 Å². The zero-order chi connectivity index (χ0) is 15.1. The number of alkyl halides is 3. The Hall–Kier alpha value is -1.39. The fourth-order valence-corrected chi connectivity index (χ4v) is 2.31. The molecule has 1 N–H and O–H groups in total. The summed E-state index contributed by atoms with van der Waals surface area (Å²) in [6.07, 6.45) is -4.39. The number of hydrogen-bond acceptors (Lipinski definition) is 1. The lowest BCUT2D eigenvalue weighted by atomic mass is 9.98. The SMILES string of the molecule is Cc1cc(C(F)(F)F)ccc1-c1cc(Cl)c(O)cc1Cl. The molecular weight excluding hydrogens is 312 g/mol. The quantitative estimate of drug-likeness (QED) is 0.715. The van der Waals surface area contributed by atoms with Gasteiger partial charge in [-0.1, -0.05) is 29.3 Å². The van der Waals surface area contributed by atoms with Crippen LogP contribution in [0.5, 0.6) is 5.75 Å². The number of hydrogen-bond donors (Lipinski definition) is 1. The van der Waals surface area contributed by atoms with Crippen molar-refractivity contribution in [3.63, 3.8) is 0 Å². The molecule has 0 heterocycles. The molecule has 2 aromatic rings. The van der Waals surface area contributed by atoms with Gasteiger partial charge < -0.3 is 5.11 Å². The van der Waals surface area contributed by atoms with Crippen LogP contribution in [-0.4, -0.2) is 5.11 Å². The summed E-state index contributed by atoms with van der Waals surface area (Å²) >= 11 is 11.8. The first kappa shape index (κ1) is 15.0. The van der Waals surface area contributed by atoms with Crippen LogP contribution in [0.3, 0.4) is 0 Å². The van der Waals surface area contributed by atoms with Crippen molar-refractivity contribution >= 4 is 23.2 Å². The maximum absolute atomic E-state index is 12.6. The average Bonchev–Trinajstić information content (AvgIpc) is 2.33. The van der Waals surface area contributed by atoms with Crippen molar-refractivity contribution in [1.82, 2.24) is 0 Å². The Kier molecular flexibility index (Phi) is 3.89. The zero-order valence-corrected chi connectivity index (χ0v) is 11.7. The molecule has 2 rings (SSSR count). The fourth-order valence-electron chi connectivity index (χ4n) is 1.88. The van der Waals surface area contributed by atoms with Crippen molar-refractivity contribution in [3.8, 4) is 16.9 Å². The summed E-state index contributed by atoms with van der Waals surface area (Å²) in [6.45, 7) is 1.56. The molecule has 6 heteroatoms. The number of halogens is 5. The third-order valence-corrected chi connectivity index (χ3v) is 3.50. The van der Waals surface area contributed by atoms with Crippen LogP contribution >= 0.6 is 23.2 Å². The molecule has 0 spiro atoms. The highest BCUT2D eigenvalue weighted by Crippen LogP contribution is 2.39. The van der Waals surface area contributed by atoms with Gasteiger partial charge in [-0.05, 0) is 36.2 Å². The Labute approximate surface area is 123 Å². The highest BCUT2D eigenvalue weighted by molar-refractivity contribution is 6.36. The minimum Gasteiger partial charge on any atom is -0.506 e. The molecule has 20 heavy (non-hydrogen) atoms. The van der Waals surface area contributed by atoms with Crippen molar-refractivity contribution in [3.05, 3.63) is 51.5 Å². The van der Waals surface area contributed by atoms with Crippen molar-refractivity contribution in [2.75, 3.05) is 0 Å². The average molecular weight is 321 g/mol. The first-order valence-corrected chi connectivity index (χ1v) is 6.32. The Bertz CT molecular complexity index is 666. The predicted octanol–water partition coefficient (Wildman–Crippen LogP) is 5.69. The van der Waals surface area contributed by atoms with Gasteiger partial charge >= 0.3 is 6.18 Å². The molecule has 106 valence electrons. The van der Waals surface area contributed by atoms with E-state index in [1.54, 1.807) is 6.92 Å². The Morgan fingerprint density at radius 3 is 2.15 bits per heavy atom. The van der Waals surface area contributed by atoms with E-state index in [0.717, 1.165) is 12.1 Å². The molecule has 0 saturated carbocycles. The first-order chi connectivity index (χ1) is 9.20. The number of phenols is 1. The van der Waals surface area contributed by atoms with E-state index in [9.17, 15) is 18.3 Å². The molecule has 0 radical (unpaired) electrons. The maximum atomic E-state index is 12.6. The van der Waals surface area contributed by atoms with Gasteiger partial charge in [0.15, 0.2) is 0 Å². The summed E-state index contributed by atoms with van der Waals surface area (Å²) in [5, 5.41) is 9.73. The van der Waals surface area contributed by atoms with Crippen LogP contribution in [0.25, 0.3) is 11.1 Å². The summed E-state index contributed by atoms with van der Waals surface area (Å²) in [6, 6.07) is 6.06. The van der Waals surface area contributed by atoms with E-state index in [2.05, 4.69) is 0 Å². The number of aromatic hydroxyl groups is 1. The van der Waals surface area contributed by atoms with Gasteiger partial charge in [-0.2, -0.15) is 13.2 Å². The van der Waals surface area contributed by atoms with E-state index < -0.39 is 11.7 Å². The summed E-state index contributed by atoms with van der Waals surface area (Å²) in [5.74, 6) is -0.176. The minimum absolute atomic E-state index is 0.0868. The fraction of sp³-hybridized carbons (Fsp3) is 0.143. The summed E-state index contributed by atoms with van der Waals surface area (Å²) in [4.78, 5) is 0. The third kappa shape index (κ3) is 2.86. The van der Waals surface area contributed by atoms with E-state index in [1.807, 2.05) is 0 Å². The Balaban J connectivity index is 2.57. The molecule has 0 atom stereocenters. The van der Waals surface area contributed by atoms with E-state index in [0.29, 0.717) is 16.7 Å². The number of benzene rings is 2. The van der Waals surface area contributed by atoms with Gasteiger partial charge in [0.2, 0.25) is 0 Å². The van der Waals surface area contributed by atoms with Crippen LogP contribution in [0.1, 0.15) is 11.1 Å². The van der Waals surface area contributed by atoms with E-state index >= 15 is 0 Å². The molecule has 2 aromatic carbocycles.